The molecule has 15 heteroatoms. The van der Waals surface area contributed by atoms with Crippen LogP contribution in [0.4, 0.5) is 0 Å². The molecule has 5 atom stereocenters. The first-order valence-corrected chi connectivity index (χ1v) is 12.7. The minimum Gasteiger partial charge on any atom is -0.496 e. The highest BCUT2D eigenvalue weighted by Crippen LogP contribution is 2.34. The summed E-state index contributed by atoms with van der Waals surface area (Å²) in [5.74, 6) is -3.47. The molecule has 2 heterocycles. The number of para-hydroxylation sites is 1. The van der Waals surface area contributed by atoms with Crippen LogP contribution in [-0.4, -0.2) is 90.0 Å². The van der Waals surface area contributed by atoms with Crippen LogP contribution < -0.4 is 10.1 Å². The second-order valence-electron chi connectivity index (χ2n) is 9.13. The lowest BCUT2D eigenvalue weighted by Gasteiger charge is -2.41. The maximum absolute atomic E-state index is 12.7. The fraction of sp³-hybridized carbons (Fsp3) is 0.444. The van der Waals surface area contributed by atoms with Crippen LogP contribution >= 0.6 is 0 Å². The van der Waals surface area contributed by atoms with Gasteiger partial charge in [0.1, 0.15) is 18.1 Å². The predicted octanol–water partition coefficient (Wildman–Crippen LogP) is 0.882. The summed E-state index contributed by atoms with van der Waals surface area (Å²) in [6.45, 7) is 4.07. The van der Waals surface area contributed by atoms with E-state index in [4.69, 9.17) is 28.4 Å². The van der Waals surface area contributed by atoms with Crippen molar-refractivity contribution in [1.82, 2.24) is 20.3 Å². The first-order chi connectivity index (χ1) is 19.9. The standard InChI is InChI=1S/C27H32N4O11/c1-14(32)28-24-20(31-12-19(29-30-31)18-9-7-8-10-21(18)37-5)11-22(27(36)38-6)42-26(24)25(41-17(4)35)23(40-16(3)34)13-39-15(2)33/h7-12,20,23-26H,13H2,1-6H3,(H,28,32)/t20-,23+,24+,25+,26+/m0/s1. The number of methoxy groups -OCH3 is 2. The SMILES string of the molecule is COC(=O)C1=C[C@H](n2cc(-c3ccccc3OC)nn2)[C@@H](NC(C)=O)[C@H]([C@H](OC(C)=O)[C@@H](COC(C)=O)OC(C)=O)O1. The van der Waals surface area contributed by atoms with E-state index < -0.39 is 66.8 Å². The molecule has 0 fully saturated rings. The Morgan fingerprint density at radius 2 is 1.69 bits per heavy atom. The minimum atomic E-state index is -1.49. The molecule has 1 aliphatic rings. The zero-order valence-corrected chi connectivity index (χ0v) is 23.9. The lowest BCUT2D eigenvalue weighted by Crippen LogP contribution is -2.60. The van der Waals surface area contributed by atoms with Crippen LogP contribution in [0.15, 0.2) is 42.3 Å². The molecular weight excluding hydrogens is 556 g/mol. The van der Waals surface area contributed by atoms with E-state index in [1.54, 1.807) is 30.5 Å². The number of amides is 1. The van der Waals surface area contributed by atoms with Gasteiger partial charge in [-0.25, -0.2) is 9.48 Å². The average Bonchev–Trinajstić information content (AvgIpc) is 3.43. The van der Waals surface area contributed by atoms with Crippen molar-refractivity contribution in [2.45, 2.75) is 58.1 Å². The van der Waals surface area contributed by atoms with Gasteiger partial charge in [-0.15, -0.1) is 5.10 Å². The first-order valence-electron chi connectivity index (χ1n) is 12.7. The molecule has 3 rings (SSSR count). The fourth-order valence-corrected chi connectivity index (χ4v) is 4.40. The number of ether oxygens (including phenoxy) is 6. The number of hydrogen-bond acceptors (Lipinski definition) is 13. The largest absolute Gasteiger partial charge is 0.496 e. The van der Waals surface area contributed by atoms with Crippen molar-refractivity contribution in [3.05, 3.63) is 42.3 Å². The van der Waals surface area contributed by atoms with E-state index in [1.165, 1.54) is 24.8 Å². The molecule has 0 saturated carbocycles. The van der Waals surface area contributed by atoms with Crippen LogP contribution in [0.25, 0.3) is 11.3 Å². The van der Waals surface area contributed by atoms with Gasteiger partial charge in [-0.3, -0.25) is 19.2 Å². The van der Waals surface area contributed by atoms with Crippen molar-refractivity contribution in [1.29, 1.82) is 0 Å². The summed E-state index contributed by atoms with van der Waals surface area (Å²) in [6, 6.07) is 5.04. The maximum atomic E-state index is 12.7. The molecule has 15 nitrogen and oxygen atoms in total. The third kappa shape index (κ3) is 7.83. The lowest BCUT2D eigenvalue weighted by molar-refractivity contribution is -0.188. The molecule has 1 aliphatic heterocycles. The Balaban J connectivity index is 2.17. The molecule has 1 aromatic heterocycles. The fourth-order valence-electron chi connectivity index (χ4n) is 4.40. The number of carbonyl (C=O) groups excluding carboxylic acids is 5. The molecule has 1 N–H and O–H groups in total. The number of rotatable bonds is 11. The zero-order valence-electron chi connectivity index (χ0n) is 23.9. The van der Waals surface area contributed by atoms with Gasteiger partial charge >= 0.3 is 23.9 Å². The normalized spacial score (nSPS) is 19.2. The van der Waals surface area contributed by atoms with Crippen molar-refractivity contribution >= 4 is 29.8 Å². The van der Waals surface area contributed by atoms with Crippen molar-refractivity contribution < 1.29 is 52.4 Å². The van der Waals surface area contributed by atoms with Crippen molar-refractivity contribution in [3.8, 4) is 17.0 Å². The van der Waals surface area contributed by atoms with E-state index in [1.807, 2.05) is 0 Å². The maximum Gasteiger partial charge on any atom is 0.373 e. The predicted molar refractivity (Wildman–Crippen MR) is 141 cm³/mol. The molecule has 0 saturated heterocycles. The number of hydrogen-bond donors (Lipinski definition) is 1. The summed E-state index contributed by atoms with van der Waals surface area (Å²) in [5.41, 5.74) is 1.03. The van der Waals surface area contributed by atoms with Gasteiger partial charge in [-0.1, -0.05) is 17.3 Å². The monoisotopic (exact) mass is 588 g/mol. The Kier molecular flexibility index (Phi) is 10.6. The molecule has 0 aliphatic carbocycles. The molecule has 1 aromatic carbocycles. The van der Waals surface area contributed by atoms with Gasteiger partial charge in [0.05, 0.1) is 32.5 Å². The molecule has 0 spiro atoms. The second kappa shape index (κ2) is 14.1. The number of nitrogens with zero attached hydrogens (tertiary/aromatic N) is 3. The number of aromatic nitrogens is 3. The highest BCUT2D eigenvalue weighted by Gasteiger charge is 2.48. The molecule has 0 unspecified atom stereocenters. The third-order valence-corrected chi connectivity index (χ3v) is 6.02. The van der Waals surface area contributed by atoms with E-state index in [-0.39, 0.29) is 5.76 Å². The summed E-state index contributed by atoms with van der Waals surface area (Å²) in [7, 11) is 2.65. The third-order valence-electron chi connectivity index (χ3n) is 6.02. The van der Waals surface area contributed by atoms with Crippen molar-refractivity contribution in [2.24, 2.45) is 0 Å². The first kappa shape index (κ1) is 31.6. The molecule has 0 radical (unpaired) electrons. The average molecular weight is 589 g/mol. The van der Waals surface area contributed by atoms with Crippen LogP contribution in [0.5, 0.6) is 5.75 Å². The highest BCUT2D eigenvalue weighted by molar-refractivity contribution is 5.86. The van der Waals surface area contributed by atoms with Crippen molar-refractivity contribution in [3.63, 3.8) is 0 Å². The van der Waals surface area contributed by atoms with Crippen LogP contribution in [-0.2, 0) is 47.7 Å². The van der Waals surface area contributed by atoms with E-state index in [0.29, 0.717) is 17.0 Å². The van der Waals surface area contributed by atoms with Gasteiger partial charge < -0.3 is 33.7 Å². The summed E-state index contributed by atoms with van der Waals surface area (Å²) in [6.07, 6.45) is -1.35. The van der Waals surface area contributed by atoms with E-state index in [0.717, 1.165) is 27.9 Å². The van der Waals surface area contributed by atoms with E-state index in [9.17, 15) is 24.0 Å². The van der Waals surface area contributed by atoms with Gasteiger partial charge in [0, 0.05) is 33.3 Å². The quantitative estimate of drug-likeness (QED) is 0.289. The smallest absolute Gasteiger partial charge is 0.373 e. The Morgan fingerprint density at radius 3 is 2.29 bits per heavy atom. The number of esters is 4. The molecule has 2 aromatic rings. The Bertz CT molecular complexity index is 1360. The van der Waals surface area contributed by atoms with Crippen molar-refractivity contribution in [2.75, 3.05) is 20.8 Å². The Labute approximate surface area is 241 Å². The summed E-state index contributed by atoms with van der Waals surface area (Å²) >= 11 is 0. The Morgan fingerprint density at radius 1 is 1.00 bits per heavy atom. The Hall–Kier alpha value is -4.95. The van der Waals surface area contributed by atoms with Crippen LogP contribution in [0.3, 0.4) is 0 Å². The minimum absolute atomic E-state index is 0.311. The topological polar surface area (TPSA) is 183 Å². The zero-order chi connectivity index (χ0) is 31.0. The van der Waals surface area contributed by atoms with E-state index in [2.05, 4.69) is 15.6 Å². The van der Waals surface area contributed by atoms with Gasteiger partial charge in [0.2, 0.25) is 11.7 Å². The van der Waals surface area contributed by atoms with Gasteiger partial charge in [0.15, 0.2) is 18.3 Å². The number of nitrogens with one attached hydrogen (secondary N) is 1. The molecule has 1 amide bonds. The van der Waals surface area contributed by atoms with E-state index >= 15 is 0 Å². The van der Waals surface area contributed by atoms with Crippen LogP contribution in [0, 0.1) is 0 Å². The number of benzene rings is 1. The second-order valence-corrected chi connectivity index (χ2v) is 9.13. The van der Waals surface area contributed by atoms with Gasteiger partial charge in [-0.2, -0.15) is 0 Å². The van der Waals surface area contributed by atoms with Crippen LogP contribution in [0.2, 0.25) is 0 Å². The summed E-state index contributed by atoms with van der Waals surface area (Å²) < 4.78 is 33.5. The molecular formula is C27H32N4O11. The lowest BCUT2D eigenvalue weighted by atomic mass is 9.91. The molecule has 226 valence electrons. The van der Waals surface area contributed by atoms with Gasteiger partial charge in [-0.05, 0) is 18.2 Å². The number of carbonyl (C=O) groups is 5. The molecule has 42 heavy (non-hydrogen) atoms. The molecule has 0 bridgehead atoms. The van der Waals surface area contributed by atoms with Gasteiger partial charge in [0.25, 0.3) is 0 Å². The highest BCUT2D eigenvalue weighted by atomic mass is 16.6. The summed E-state index contributed by atoms with van der Waals surface area (Å²) in [5, 5.41) is 11.2. The van der Waals surface area contributed by atoms with Crippen LogP contribution in [0.1, 0.15) is 33.7 Å². The summed E-state index contributed by atoms with van der Waals surface area (Å²) in [4.78, 5) is 61.0.